The minimum absolute atomic E-state index is 0.435. The van der Waals surface area contributed by atoms with Crippen molar-refractivity contribution in [2.75, 3.05) is 0 Å². The highest BCUT2D eigenvalue weighted by Gasteiger charge is 2.41. The summed E-state index contributed by atoms with van der Waals surface area (Å²) in [5.41, 5.74) is 1.16. The van der Waals surface area contributed by atoms with Crippen molar-refractivity contribution in [2.24, 2.45) is 11.8 Å². The van der Waals surface area contributed by atoms with Crippen LogP contribution in [0.25, 0.3) is 0 Å². The van der Waals surface area contributed by atoms with Gasteiger partial charge in [-0.1, -0.05) is 0 Å². The summed E-state index contributed by atoms with van der Waals surface area (Å²) in [6.07, 6.45) is 5.77. The summed E-state index contributed by atoms with van der Waals surface area (Å²) in [4.78, 5) is 4.58. The topological polar surface area (TPSA) is 24.9 Å². The predicted octanol–water partition coefficient (Wildman–Crippen LogP) is 3.29. The quantitative estimate of drug-likeness (QED) is 0.848. The largest absolute Gasteiger partial charge is 0.305 e. The minimum atomic E-state index is 0.435. The lowest BCUT2D eigenvalue weighted by atomic mass is 10.1. The maximum Gasteiger partial charge on any atom is 0.110 e. The molecule has 0 aliphatic heterocycles. The lowest BCUT2D eigenvalue weighted by molar-refractivity contribution is 0.377. The van der Waals surface area contributed by atoms with Crippen LogP contribution in [-0.4, -0.2) is 11.0 Å². The van der Waals surface area contributed by atoms with Crippen LogP contribution in [-0.2, 0) is 0 Å². The number of rotatable bonds is 5. The molecule has 0 radical (unpaired) electrons. The first-order valence-corrected chi connectivity index (χ1v) is 7.30. The fraction of sp³-hybridized carbons (Fsp3) is 0.769. The van der Waals surface area contributed by atoms with Crippen molar-refractivity contribution < 1.29 is 0 Å². The van der Waals surface area contributed by atoms with Crippen LogP contribution in [0.15, 0.2) is 5.38 Å². The maximum atomic E-state index is 4.58. The van der Waals surface area contributed by atoms with Crippen molar-refractivity contribution in [1.29, 1.82) is 0 Å². The number of nitrogens with zero attached hydrogens (tertiary/aromatic N) is 1. The summed E-state index contributed by atoms with van der Waals surface area (Å²) in [7, 11) is 0. The van der Waals surface area contributed by atoms with E-state index in [0.717, 1.165) is 23.6 Å². The summed E-state index contributed by atoms with van der Waals surface area (Å²) in [6, 6.07) is 1.21. The molecule has 2 aliphatic rings. The first kappa shape index (κ1) is 10.7. The Kier molecular flexibility index (Phi) is 2.76. The van der Waals surface area contributed by atoms with Gasteiger partial charge in [-0.05, 0) is 51.4 Å². The third kappa shape index (κ3) is 2.30. The highest BCUT2D eigenvalue weighted by molar-refractivity contribution is 7.09. The Morgan fingerprint density at radius 2 is 1.94 bits per heavy atom. The molecule has 1 aromatic heterocycles. The molecule has 3 rings (SSSR count). The molecule has 0 aromatic carbocycles. The van der Waals surface area contributed by atoms with Crippen molar-refractivity contribution in [2.45, 2.75) is 51.6 Å². The zero-order valence-corrected chi connectivity index (χ0v) is 10.9. The Bertz CT molecular complexity index is 354. The molecule has 2 aliphatic carbocycles. The molecule has 1 atom stereocenters. The minimum Gasteiger partial charge on any atom is -0.305 e. The molecular formula is C13H20N2S. The van der Waals surface area contributed by atoms with E-state index in [4.69, 9.17) is 0 Å². The normalized spacial score (nSPS) is 22.7. The van der Waals surface area contributed by atoms with Gasteiger partial charge in [-0.3, -0.25) is 0 Å². The van der Waals surface area contributed by atoms with E-state index in [9.17, 15) is 0 Å². The second kappa shape index (κ2) is 4.11. The van der Waals surface area contributed by atoms with Gasteiger partial charge in [-0.15, -0.1) is 11.3 Å². The number of aryl methyl sites for hydroxylation is 1. The monoisotopic (exact) mass is 236 g/mol. The van der Waals surface area contributed by atoms with Gasteiger partial charge in [-0.2, -0.15) is 0 Å². The molecule has 0 bridgehead atoms. The van der Waals surface area contributed by atoms with E-state index in [1.807, 2.05) is 0 Å². The molecule has 2 fully saturated rings. The van der Waals surface area contributed by atoms with Crippen LogP contribution in [0.2, 0.25) is 0 Å². The Balaban J connectivity index is 1.63. The molecule has 2 nitrogen and oxygen atoms in total. The van der Waals surface area contributed by atoms with Crippen molar-refractivity contribution >= 4 is 11.3 Å². The van der Waals surface area contributed by atoms with E-state index in [1.165, 1.54) is 30.7 Å². The fourth-order valence-electron chi connectivity index (χ4n) is 2.50. The molecule has 16 heavy (non-hydrogen) atoms. The van der Waals surface area contributed by atoms with Crippen LogP contribution in [0.1, 0.15) is 49.4 Å². The maximum absolute atomic E-state index is 4.58. The summed E-state index contributed by atoms with van der Waals surface area (Å²) in [5.74, 6) is 1.94. The SMILES string of the molecule is Cc1csc(C(C)NC(C2CC2)C2CC2)n1. The predicted molar refractivity (Wildman–Crippen MR) is 67.6 cm³/mol. The van der Waals surface area contributed by atoms with Gasteiger partial charge in [0.05, 0.1) is 6.04 Å². The standard InChI is InChI=1S/C13H20N2S/c1-8-7-16-13(14-8)9(2)15-12(10-3-4-10)11-5-6-11/h7,9-12,15H,3-6H2,1-2H3. The molecule has 0 amide bonds. The lowest BCUT2D eigenvalue weighted by Gasteiger charge is -2.21. The van der Waals surface area contributed by atoms with Gasteiger partial charge in [0.2, 0.25) is 0 Å². The van der Waals surface area contributed by atoms with Crippen LogP contribution < -0.4 is 5.32 Å². The second-order valence-electron chi connectivity index (χ2n) is 5.42. The van der Waals surface area contributed by atoms with E-state index in [-0.39, 0.29) is 0 Å². The highest BCUT2D eigenvalue weighted by atomic mass is 32.1. The van der Waals surface area contributed by atoms with Gasteiger partial charge in [0, 0.05) is 17.1 Å². The molecule has 0 saturated heterocycles. The van der Waals surface area contributed by atoms with Gasteiger partial charge in [0.25, 0.3) is 0 Å². The Morgan fingerprint density at radius 3 is 2.38 bits per heavy atom. The Labute approximate surface area is 101 Å². The van der Waals surface area contributed by atoms with Crippen molar-refractivity contribution in [3.63, 3.8) is 0 Å². The van der Waals surface area contributed by atoms with Crippen LogP contribution in [0.3, 0.4) is 0 Å². The molecule has 1 aromatic rings. The van der Waals surface area contributed by atoms with Crippen LogP contribution in [0, 0.1) is 18.8 Å². The molecule has 1 heterocycles. The van der Waals surface area contributed by atoms with Crippen molar-refractivity contribution in [3.05, 3.63) is 16.1 Å². The summed E-state index contributed by atoms with van der Waals surface area (Å²) < 4.78 is 0. The average molecular weight is 236 g/mol. The van der Waals surface area contributed by atoms with Crippen LogP contribution >= 0.6 is 11.3 Å². The average Bonchev–Trinajstić information content (AvgIpc) is 3.14. The fourth-order valence-corrected chi connectivity index (χ4v) is 3.31. The van der Waals surface area contributed by atoms with E-state index < -0.39 is 0 Å². The first-order chi connectivity index (χ1) is 7.74. The van der Waals surface area contributed by atoms with Crippen molar-refractivity contribution in [1.82, 2.24) is 10.3 Å². The summed E-state index contributed by atoms with van der Waals surface area (Å²) >= 11 is 1.79. The number of thiazole rings is 1. The van der Waals surface area contributed by atoms with Gasteiger partial charge < -0.3 is 5.32 Å². The van der Waals surface area contributed by atoms with Crippen LogP contribution in [0.4, 0.5) is 0 Å². The van der Waals surface area contributed by atoms with E-state index in [1.54, 1.807) is 11.3 Å². The molecule has 1 N–H and O–H groups in total. The second-order valence-corrected chi connectivity index (χ2v) is 6.31. The molecule has 3 heteroatoms. The molecule has 1 unspecified atom stereocenters. The number of nitrogens with one attached hydrogen (secondary N) is 1. The lowest BCUT2D eigenvalue weighted by Crippen LogP contribution is -2.35. The zero-order chi connectivity index (χ0) is 11.1. The van der Waals surface area contributed by atoms with E-state index in [2.05, 4.69) is 29.5 Å². The van der Waals surface area contributed by atoms with Gasteiger partial charge in [0.15, 0.2) is 0 Å². The summed E-state index contributed by atoms with van der Waals surface area (Å²) in [5, 5.41) is 7.22. The molecular weight excluding hydrogens is 216 g/mol. The third-order valence-electron chi connectivity index (χ3n) is 3.71. The molecule has 88 valence electrons. The Hall–Kier alpha value is -0.410. The van der Waals surface area contributed by atoms with E-state index in [0.29, 0.717) is 6.04 Å². The third-order valence-corrected chi connectivity index (χ3v) is 4.85. The van der Waals surface area contributed by atoms with E-state index >= 15 is 0 Å². The highest BCUT2D eigenvalue weighted by Crippen LogP contribution is 2.45. The zero-order valence-electron chi connectivity index (χ0n) is 10.1. The van der Waals surface area contributed by atoms with Gasteiger partial charge in [-0.25, -0.2) is 4.98 Å². The van der Waals surface area contributed by atoms with Gasteiger partial charge >= 0.3 is 0 Å². The number of hydrogen-bond acceptors (Lipinski definition) is 3. The van der Waals surface area contributed by atoms with Gasteiger partial charge in [0.1, 0.15) is 5.01 Å². The first-order valence-electron chi connectivity index (χ1n) is 6.42. The summed E-state index contributed by atoms with van der Waals surface area (Å²) in [6.45, 7) is 4.34. The number of hydrogen-bond donors (Lipinski definition) is 1. The molecule has 2 saturated carbocycles. The molecule has 0 spiro atoms. The smallest absolute Gasteiger partial charge is 0.110 e. The van der Waals surface area contributed by atoms with Crippen LogP contribution in [0.5, 0.6) is 0 Å². The number of aromatic nitrogens is 1. The Morgan fingerprint density at radius 1 is 1.31 bits per heavy atom. The van der Waals surface area contributed by atoms with Crippen molar-refractivity contribution in [3.8, 4) is 0 Å².